The Labute approximate surface area is 206 Å². The molecule has 2 heterocycles. The summed E-state index contributed by atoms with van der Waals surface area (Å²) in [6.07, 6.45) is 0.495. The van der Waals surface area contributed by atoms with E-state index >= 15 is 0 Å². The number of nitrogens with zero attached hydrogens (tertiary/aromatic N) is 2. The molecule has 7 nitrogen and oxygen atoms in total. The van der Waals surface area contributed by atoms with Gasteiger partial charge in [-0.1, -0.05) is 35.9 Å². The second-order valence-corrected chi connectivity index (χ2v) is 11.3. The first-order valence-corrected chi connectivity index (χ1v) is 13.4. The number of sulfone groups is 1. The van der Waals surface area contributed by atoms with Crippen molar-refractivity contribution in [2.45, 2.75) is 17.9 Å². The smallest absolute Gasteiger partial charge is 0.271 e. The Balaban J connectivity index is 1.78. The zero-order chi connectivity index (χ0) is 24.5. The highest BCUT2D eigenvalue weighted by atomic mass is 35.5. The minimum atomic E-state index is -3.33. The molecule has 0 unspecified atom stereocenters. The quantitative estimate of drug-likeness (QED) is 0.379. The van der Waals surface area contributed by atoms with Crippen LogP contribution in [-0.4, -0.2) is 48.1 Å². The van der Waals surface area contributed by atoms with Crippen LogP contribution in [0.2, 0.25) is 5.02 Å². The lowest BCUT2D eigenvalue weighted by molar-refractivity contribution is 0.0918. The fourth-order valence-corrected chi connectivity index (χ4v) is 5.20. The summed E-state index contributed by atoms with van der Waals surface area (Å²) in [4.78, 5) is 14.6. The minimum Gasteiger partial charge on any atom is -0.392 e. The van der Waals surface area contributed by atoms with Crippen molar-refractivity contribution < 1.29 is 18.3 Å². The number of aliphatic hydroxyl groups excluding tert-OH is 1. The van der Waals surface area contributed by atoms with Crippen molar-refractivity contribution in [3.05, 3.63) is 77.4 Å². The van der Waals surface area contributed by atoms with Crippen LogP contribution in [0, 0.1) is 0 Å². The summed E-state index contributed by atoms with van der Waals surface area (Å²) in [5.41, 5.74) is 2.23. The molecule has 0 saturated heterocycles. The zero-order valence-corrected chi connectivity index (χ0v) is 20.8. The number of rotatable bonds is 7. The SMILES string of the molecule is C[C@H](O)CNC(=O)c1cc(-c2ccc(-c3cccc(S(C)(=O)=O)c3)s2)n(-c2ccccc2Cl)n1. The van der Waals surface area contributed by atoms with Crippen molar-refractivity contribution in [3.63, 3.8) is 0 Å². The molecule has 0 fully saturated rings. The molecule has 0 spiro atoms. The van der Waals surface area contributed by atoms with Crippen LogP contribution in [0.3, 0.4) is 0 Å². The van der Waals surface area contributed by atoms with Gasteiger partial charge in [-0.25, -0.2) is 13.1 Å². The Morgan fingerprint density at radius 3 is 2.56 bits per heavy atom. The molecule has 4 rings (SSSR count). The van der Waals surface area contributed by atoms with Crippen LogP contribution in [0.15, 0.2) is 71.6 Å². The Bertz CT molecular complexity index is 1460. The average Bonchev–Trinajstić information content (AvgIpc) is 3.45. The highest BCUT2D eigenvalue weighted by Gasteiger charge is 2.20. The first kappa shape index (κ1) is 24.2. The number of halogens is 1. The lowest BCUT2D eigenvalue weighted by Gasteiger charge is -2.08. The van der Waals surface area contributed by atoms with E-state index in [9.17, 15) is 18.3 Å². The lowest BCUT2D eigenvalue weighted by Crippen LogP contribution is -2.30. The average molecular weight is 516 g/mol. The van der Waals surface area contributed by atoms with Crippen LogP contribution in [0.5, 0.6) is 0 Å². The molecule has 1 atom stereocenters. The largest absolute Gasteiger partial charge is 0.392 e. The van der Waals surface area contributed by atoms with Gasteiger partial charge in [-0.3, -0.25) is 4.79 Å². The molecule has 176 valence electrons. The molecule has 2 aromatic carbocycles. The van der Waals surface area contributed by atoms with Crippen molar-refractivity contribution in [2.24, 2.45) is 0 Å². The highest BCUT2D eigenvalue weighted by molar-refractivity contribution is 7.90. The summed E-state index contributed by atoms with van der Waals surface area (Å²) in [6.45, 7) is 1.69. The van der Waals surface area contributed by atoms with Gasteiger partial charge in [0, 0.05) is 17.7 Å². The predicted molar refractivity (Wildman–Crippen MR) is 134 cm³/mol. The number of thiophene rings is 1. The van der Waals surface area contributed by atoms with Crippen molar-refractivity contribution in [1.29, 1.82) is 0 Å². The third kappa shape index (κ3) is 5.23. The van der Waals surface area contributed by atoms with Gasteiger partial charge in [-0.05, 0) is 55.0 Å². The molecular formula is C24H22ClN3O4S2. The topological polar surface area (TPSA) is 101 Å². The maximum Gasteiger partial charge on any atom is 0.271 e. The van der Waals surface area contributed by atoms with Crippen molar-refractivity contribution >= 4 is 38.7 Å². The summed E-state index contributed by atoms with van der Waals surface area (Å²) < 4.78 is 25.5. The van der Waals surface area contributed by atoms with Crippen LogP contribution >= 0.6 is 22.9 Å². The molecule has 0 aliphatic carbocycles. The number of amides is 1. The van der Waals surface area contributed by atoms with Crippen molar-refractivity contribution in [2.75, 3.05) is 12.8 Å². The van der Waals surface area contributed by atoms with Crippen LogP contribution < -0.4 is 5.32 Å². The molecule has 0 radical (unpaired) electrons. The van der Waals surface area contributed by atoms with E-state index in [-0.39, 0.29) is 17.1 Å². The van der Waals surface area contributed by atoms with Crippen LogP contribution in [0.25, 0.3) is 26.7 Å². The van der Waals surface area contributed by atoms with Gasteiger partial charge in [0.2, 0.25) is 0 Å². The Kier molecular flexibility index (Phi) is 6.90. The van der Waals surface area contributed by atoms with Gasteiger partial charge in [0.15, 0.2) is 15.5 Å². The molecule has 4 aromatic rings. The summed E-state index contributed by atoms with van der Waals surface area (Å²) in [5, 5.41) is 17.1. The number of benzene rings is 2. The van der Waals surface area contributed by atoms with Crippen LogP contribution in [0.4, 0.5) is 0 Å². The summed E-state index contributed by atoms with van der Waals surface area (Å²) in [7, 11) is -3.33. The Morgan fingerprint density at radius 1 is 1.12 bits per heavy atom. The number of hydrogen-bond donors (Lipinski definition) is 2. The third-order valence-corrected chi connectivity index (χ3v) is 7.57. The Morgan fingerprint density at radius 2 is 1.85 bits per heavy atom. The maximum atomic E-state index is 12.6. The molecule has 10 heteroatoms. The van der Waals surface area contributed by atoms with Crippen LogP contribution in [0.1, 0.15) is 17.4 Å². The van der Waals surface area contributed by atoms with Crippen LogP contribution in [-0.2, 0) is 9.84 Å². The number of carbonyl (C=O) groups is 1. The van der Waals surface area contributed by atoms with E-state index in [1.807, 2.05) is 30.3 Å². The number of aliphatic hydroxyl groups is 1. The first-order chi connectivity index (χ1) is 16.1. The third-order valence-electron chi connectivity index (χ3n) is 4.99. The van der Waals surface area contributed by atoms with Gasteiger partial charge in [0.1, 0.15) is 0 Å². The monoisotopic (exact) mass is 515 g/mol. The molecule has 1 amide bonds. The molecule has 0 bridgehead atoms. The van der Waals surface area contributed by atoms with E-state index in [1.165, 1.54) is 17.6 Å². The number of nitrogens with one attached hydrogen (secondary N) is 1. The first-order valence-electron chi connectivity index (χ1n) is 10.4. The van der Waals surface area contributed by atoms with E-state index < -0.39 is 21.8 Å². The number of carbonyl (C=O) groups excluding carboxylic acids is 1. The van der Waals surface area contributed by atoms with Gasteiger partial charge in [0.25, 0.3) is 5.91 Å². The fraction of sp³-hybridized carbons (Fsp3) is 0.167. The van der Waals surface area contributed by atoms with E-state index in [0.717, 1.165) is 15.3 Å². The second kappa shape index (κ2) is 9.71. The van der Waals surface area contributed by atoms with E-state index in [1.54, 1.807) is 48.0 Å². The number of hydrogen-bond acceptors (Lipinski definition) is 6. The van der Waals surface area contributed by atoms with Gasteiger partial charge in [0.05, 0.1) is 32.3 Å². The zero-order valence-electron chi connectivity index (χ0n) is 18.4. The standard InChI is InChI=1S/C24H22ClN3O4S2/c1-15(29)14-26-24(30)19-13-21(28(27-19)20-9-4-3-8-18(20)25)23-11-10-22(33-23)16-6-5-7-17(12-16)34(2,31)32/h3-13,15,29H,14H2,1-2H3,(H,26,30)/t15-/m0/s1. The van der Waals surface area contributed by atoms with Gasteiger partial charge in [-0.15, -0.1) is 11.3 Å². The summed E-state index contributed by atoms with van der Waals surface area (Å²) >= 11 is 7.87. The fourth-order valence-electron chi connectivity index (χ4n) is 3.32. The highest BCUT2D eigenvalue weighted by Crippen LogP contribution is 2.37. The minimum absolute atomic E-state index is 0.104. The van der Waals surface area contributed by atoms with E-state index in [4.69, 9.17) is 11.6 Å². The van der Waals surface area contributed by atoms with E-state index in [0.29, 0.717) is 16.4 Å². The van der Waals surface area contributed by atoms with Gasteiger partial charge < -0.3 is 10.4 Å². The van der Waals surface area contributed by atoms with Gasteiger partial charge >= 0.3 is 0 Å². The molecule has 0 saturated carbocycles. The number of para-hydroxylation sites is 1. The molecule has 0 aliphatic heterocycles. The Hall–Kier alpha value is -2.98. The summed E-state index contributed by atoms with van der Waals surface area (Å²) in [5.74, 6) is -0.411. The molecule has 34 heavy (non-hydrogen) atoms. The molecule has 2 aromatic heterocycles. The predicted octanol–water partition coefficient (Wildman–Crippen LogP) is 4.44. The molecule has 0 aliphatic rings. The lowest BCUT2D eigenvalue weighted by atomic mass is 10.2. The van der Waals surface area contributed by atoms with Crippen molar-refractivity contribution in [1.82, 2.24) is 15.1 Å². The van der Waals surface area contributed by atoms with E-state index in [2.05, 4.69) is 10.4 Å². The van der Waals surface area contributed by atoms with Crippen molar-refractivity contribution in [3.8, 4) is 26.7 Å². The normalized spacial score (nSPS) is 12.5. The van der Waals surface area contributed by atoms with Gasteiger partial charge in [-0.2, -0.15) is 5.10 Å². The summed E-state index contributed by atoms with van der Waals surface area (Å²) in [6, 6.07) is 19.4. The maximum absolute atomic E-state index is 12.6. The molecule has 2 N–H and O–H groups in total. The molecular weight excluding hydrogens is 494 g/mol. The number of aromatic nitrogens is 2. The second-order valence-electron chi connectivity index (χ2n) is 7.80.